The SMILES string of the molecule is NC(=O)[C@]1(O)CCCN(C(=O)c2ccc3ncccc3c2)C1. The quantitative estimate of drug-likeness (QED) is 0.852. The van der Waals surface area contributed by atoms with Crippen LogP contribution in [0.2, 0.25) is 0 Å². The second-order valence-corrected chi connectivity index (χ2v) is 5.64. The molecular weight excluding hydrogens is 282 g/mol. The number of β-amino-alcohol motifs (C(OH)–C–C–N with tert-alkyl or cyclic N) is 1. The summed E-state index contributed by atoms with van der Waals surface area (Å²) in [5.41, 5.74) is 4.93. The van der Waals surface area contributed by atoms with Crippen molar-refractivity contribution in [3.63, 3.8) is 0 Å². The first-order valence-electron chi connectivity index (χ1n) is 7.16. The van der Waals surface area contributed by atoms with Gasteiger partial charge in [-0.25, -0.2) is 0 Å². The molecule has 1 aliphatic heterocycles. The van der Waals surface area contributed by atoms with Crippen molar-refractivity contribution >= 4 is 22.7 Å². The number of aromatic nitrogens is 1. The number of nitrogens with zero attached hydrogens (tertiary/aromatic N) is 2. The molecule has 2 aromatic rings. The van der Waals surface area contributed by atoms with E-state index in [9.17, 15) is 14.7 Å². The number of hydrogen-bond acceptors (Lipinski definition) is 4. The Kier molecular flexibility index (Phi) is 3.54. The van der Waals surface area contributed by atoms with Gasteiger partial charge in [-0.1, -0.05) is 6.07 Å². The number of fused-ring (bicyclic) bond motifs is 1. The highest BCUT2D eigenvalue weighted by Gasteiger charge is 2.40. The van der Waals surface area contributed by atoms with Gasteiger partial charge < -0.3 is 15.7 Å². The Labute approximate surface area is 127 Å². The minimum absolute atomic E-state index is 0.0633. The van der Waals surface area contributed by atoms with Crippen molar-refractivity contribution in [2.75, 3.05) is 13.1 Å². The van der Waals surface area contributed by atoms with E-state index in [4.69, 9.17) is 5.73 Å². The zero-order valence-corrected chi connectivity index (χ0v) is 12.0. The van der Waals surface area contributed by atoms with Gasteiger partial charge >= 0.3 is 0 Å². The zero-order valence-electron chi connectivity index (χ0n) is 12.0. The standard InChI is InChI=1S/C16H17N3O3/c17-15(21)16(22)6-2-8-19(10-16)14(20)12-4-5-13-11(9-12)3-1-7-18-13/h1,3-5,7,9,22H,2,6,8,10H2,(H2,17,21)/t16-/m0/s1. The molecule has 0 aliphatic carbocycles. The Bertz CT molecular complexity index is 746. The van der Waals surface area contributed by atoms with Gasteiger partial charge in [-0.15, -0.1) is 0 Å². The van der Waals surface area contributed by atoms with Crippen LogP contribution in [0.25, 0.3) is 10.9 Å². The van der Waals surface area contributed by atoms with Crippen molar-refractivity contribution in [3.8, 4) is 0 Å². The molecule has 1 saturated heterocycles. The van der Waals surface area contributed by atoms with Gasteiger partial charge in [0.2, 0.25) is 0 Å². The smallest absolute Gasteiger partial charge is 0.253 e. The maximum absolute atomic E-state index is 12.6. The number of carbonyl (C=O) groups is 2. The van der Waals surface area contributed by atoms with E-state index >= 15 is 0 Å². The van der Waals surface area contributed by atoms with E-state index < -0.39 is 11.5 Å². The average Bonchev–Trinajstić information content (AvgIpc) is 2.53. The van der Waals surface area contributed by atoms with Crippen LogP contribution < -0.4 is 5.73 Å². The number of pyridine rings is 1. The molecule has 1 aromatic carbocycles. The van der Waals surface area contributed by atoms with E-state index in [1.54, 1.807) is 24.4 Å². The minimum atomic E-state index is -1.63. The van der Waals surface area contributed by atoms with Crippen LogP contribution >= 0.6 is 0 Å². The second-order valence-electron chi connectivity index (χ2n) is 5.64. The normalized spacial score (nSPS) is 21.8. The van der Waals surface area contributed by atoms with E-state index in [0.717, 1.165) is 10.9 Å². The largest absolute Gasteiger partial charge is 0.378 e. The van der Waals surface area contributed by atoms with Gasteiger partial charge in [0.25, 0.3) is 11.8 Å². The third-order valence-electron chi connectivity index (χ3n) is 4.07. The van der Waals surface area contributed by atoms with Crippen LogP contribution in [0.3, 0.4) is 0 Å². The summed E-state index contributed by atoms with van der Waals surface area (Å²) in [6, 6.07) is 8.95. The number of amides is 2. The fourth-order valence-electron chi connectivity index (χ4n) is 2.80. The van der Waals surface area contributed by atoms with Gasteiger partial charge in [-0.2, -0.15) is 0 Å². The highest BCUT2D eigenvalue weighted by Crippen LogP contribution is 2.23. The number of piperidine rings is 1. The maximum Gasteiger partial charge on any atom is 0.253 e. The fraction of sp³-hybridized carbons (Fsp3) is 0.312. The molecule has 6 heteroatoms. The maximum atomic E-state index is 12.6. The molecule has 0 radical (unpaired) electrons. The Morgan fingerprint density at radius 2 is 2.14 bits per heavy atom. The van der Waals surface area contributed by atoms with Crippen molar-refractivity contribution in [2.45, 2.75) is 18.4 Å². The lowest BCUT2D eigenvalue weighted by Gasteiger charge is -2.37. The van der Waals surface area contributed by atoms with Gasteiger partial charge in [-0.3, -0.25) is 14.6 Å². The van der Waals surface area contributed by atoms with E-state index in [1.807, 2.05) is 12.1 Å². The summed E-state index contributed by atoms with van der Waals surface area (Å²) < 4.78 is 0. The van der Waals surface area contributed by atoms with Gasteiger partial charge in [0, 0.05) is 23.7 Å². The number of benzene rings is 1. The summed E-state index contributed by atoms with van der Waals surface area (Å²) in [5, 5.41) is 11.1. The van der Waals surface area contributed by atoms with E-state index in [1.165, 1.54) is 4.90 Å². The monoisotopic (exact) mass is 299 g/mol. The van der Waals surface area contributed by atoms with Gasteiger partial charge in [-0.05, 0) is 37.1 Å². The molecule has 22 heavy (non-hydrogen) atoms. The summed E-state index contributed by atoms with van der Waals surface area (Å²) in [5.74, 6) is -1.00. The highest BCUT2D eigenvalue weighted by atomic mass is 16.3. The predicted molar refractivity (Wildman–Crippen MR) is 81.0 cm³/mol. The molecule has 0 saturated carbocycles. The van der Waals surface area contributed by atoms with Crippen molar-refractivity contribution in [3.05, 3.63) is 42.1 Å². The summed E-state index contributed by atoms with van der Waals surface area (Å²) in [4.78, 5) is 29.7. The van der Waals surface area contributed by atoms with E-state index in [2.05, 4.69) is 4.98 Å². The zero-order chi connectivity index (χ0) is 15.7. The lowest BCUT2D eigenvalue weighted by Crippen LogP contribution is -2.57. The fourth-order valence-corrected chi connectivity index (χ4v) is 2.80. The van der Waals surface area contributed by atoms with Crippen LogP contribution in [0.15, 0.2) is 36.5 Å². The molecule has 2 amide bonds. The Morgan fingerprint density at radius 3 is 2.91 bits per heavy atom. The second kappa shape index (κ2) is 5.38. The molecule has 3 N–H and O–H groups in total. The molecule has 0 unspecified atom stereocenters. The van der Waals surface area contributed by atoms with Crippen molar-refractivity contribution in [1.82, 2.24) is 9.88 Å². The lowest BCUT2D eigenvalue weighted by atomic mass is 9.91. The molecule has 6 nitrogen and oxygen atoms in total. The molecule has 3 rings (SSSR count). The number of carbonyl (C=O) groups excluding carboxylic acids is 2. The van der Waals surface area contributed by atoms with Crippen molar-refractivity contribution in [1.29, 1.82) is 0 Å². The highest BCUT2D eigenvalue weighted by molar-refractivity contribution is 5.98. The van der Waals surface area contributed by atoms with Crippen LogP contribution in [0.4, 0.5) is 0 Å². The van der Waals surface area contributed by atoms with Crippen LogP contribution in [0.1, 0.15) is 23.2 Å². The van der Waals surface area contributed by atoms with Crippen molar-refractivity contribution in [2.24, 2.45) is 5.73 Å². The minimum Gasteiger partial charge on any atom is -0.378 e. The first-order chi connectivity index (χ1) is 10.5. The van der Waals surface area contributed by atoms with Crippen LogP contribution in [0, 0.1) is 0 Å². The number of primary amides is 1. The first-order valence-corrected chi connectivity index (χ1v) is 7.16. The summed E-state index contributed by atoms with van der Waals surface area (Å²) in [7, 11) is 0. The third kappa shape index (κ3) is 2.53. The number of aliphatic hydroxyl groups is 1. The number of likely N-dealkylation sites (tertiary alicyclic amines) is 1. The average molecular weight is 299 g/mol. The summed E-state index contributed by atoms with van der Waals surface area (Å²) >= 11 is 0. The Morgan fingerprint density at radius 1 is 1.32 bits per heavy atom. The first kappa shape index (κ1) is 14.5. The topological polar surface area (TPSA) is 96.5 Å². The molecule has 1 fully saturated rings. The third-order valence-corrected chi connectivity index (χ3v) is 4.07. The number of rotatable bonds is 2. The Balaban J connectivity index is 1.87. The Hall–Kier alpha value is -2.47. The molecule has 1 aromatic heterocycles. The number of hydrogen-bond donors (Lipinski definition) is 2. The summed E-state index contributed by atoms with van der Waals surface area (Å²) in [6.07, 6.45) is 2.52. The molecular formula is C16H17N3O3. The predicted octanol–water partition coefficient (Wildman–Crippen LogP) is 0.687. The molecule has 2 heterocycles. The molecule has 114 valence electrons. The van der Waals surface area contributed by atoms with Crippen LogP contribution in [-0.4, -0.2) is 45.5 Å². The van der Waals surface area contributed by atoms with E-state index in [0.29, 0.717) is 18.5 Å². The molecule has 1 aliphatic rings. The van der Waals surface area contributed by atoms with Crippen LogP contribution in [0.5, 0.6) is 0 Å². The van der Waals surface area contributed by atoms with Crippen LogP contribution in [-0.2, 0) is 4.79 Å². The molecule has 1 atom stereocenters. The summed E-state index contributed by atoms with van der Waals surface area (Å²) in [6.45, 7) is 0.436. The van der Waals surface area contributed by atoms with E-state index in [-0.39, 0.29) is 18.9 Å². The van der Waals surface area contributed by atoms with Gasteiger partial charge in [0.05, 0.1) is 12.1 Å². The molecule has 0 bridgehead atoms. The molecule has 0 spiro atoms. The van der Waals surface area contributed by atoms with Gasteiger partial charge in [0.15, 0.2) is 5.60 Å². The van der Waals surface area contributed by atoms with Gasteiger partial charge in [0.1, 0.15) is 0 Å². The number of nitrogens with two attached hydrogens (primary N) is 1. The van der Waals surface area contributed by atoms with Crippen molar-refractivity contribution < 1.29 is 14.7 Å². The lowest BCUT2D eigenvalue weighted by molar-refractivity contribution is -0.140.